The van der Waals surface area contributed by atoms with E-state index in [1.807, 2.05) is 0 Å². The van der Waals surface area contributed by atoms with Crippen LogP contribution >= 0.6 is 0 Å². The number of carboxylic acids is 2. The van der Waals surface area contributed by atoms with Crippen molar-refractivity contribution in [2.24, 2.45) is 11.3 Å². The molecule has 0 aromatic heterocycles. The Balaban J connectivity index is -0.000000375. The first-order valence-corrected chi connectivity index (χ1v) is 5.84. The zero-order valence-electron chi connectivity index (χ0n) is 13.0. The average molecular weight is 257 g/mol. The van der Waals surface area contributed by atoms with E-state index in [1.54, 1.807) is 6.92 Å². The van der Waals surface area contributed by atoms with E-state index in [-0.39, 0.29) is 31.8 Å². The van der Waals surface area contributed by atoms with Gasteiger partial charge in [0.15, 0.2) is 5.41 Å². The predicted molar refractivity (Wildman–Crippen MR) is 69.3 cm³/mol. The van der Waals surface area contributed by atoms with Gasteiger partial charge in [0, 0.05) is 0 Å². The van der Waals surface area contributed by atoms with Crippen molar-refractivity contribution in [1.29, 1.82) is 0 Å². The predicted octanol–water partition coefficient (Wildman–Crippen LogP) is 2.61. The number of aliphatic carboxylic acids is 2. The van der Waals surface area contributed by atoms with Gasteiger partial charge in [0.1, 0.15) is 0 Å². The van der Waals surface area contributed by atoms with Crippen LogP contribution in [0.25, 0.3) is 0 Å². The zero-order valence-corrected chi connectivity index (χ0v) is 12.4. The summed E-state index contributed by atoms with van der Waals surface area (Å²) in [5, 5.41) is 18.0. The van der Waals surface area contributed by atoms with E-state index in [1.165, 1.54) is 6.92 Å². The van der Waals surface area contributed by atoms with Crippen LogP contribution in [0, 0.1) is 11.3 Å². The largest absolute Gasteiger partial charge is 2.00 e. The summed E-state index contributed by atoms with van der Waals surface area (Å²) in [5.41, 5.74) is -1.66. The molecular weight excluding hydrogens is 232 g/mol. The number of carboxylic acid groups (broad SMARTS) is 2. The molecule has 0 fully saturated rings. The number of carbonyl (C=O) groups is 2. The molecule has 4 nitrogen and oxygen atoms in total. The van der Waals surface area contributed by atoms with Gasteiger partial charge in [-0.1, -0.05) is 39.5 Å². The van der Waals surface area contributed by atoms with Crippen molar-refractivity contribution in [2.45, 2.75) is 52.9 Å². The maximum Gasteiger partial charge on any atom is 2.00 e. The maximum atomic E-state index is 11.0. The molecule has 0 aliphatic heterocycles. The van der Waals surface area contributed by atoms with Crippen molar-refractivity contribution in [1.82, 2.24) is 0 Å². The summed E-state index contributed by atoms with van der Waals surface area (Å²) in [7, 11) is 0. The first kappa shape index (κ1) is 19.1. The normalized spacial score (nSPS) is 12.6. The van der Waals surface area contributed by atoms with Crippen molar-refractivity contribution < 1.29 is 22.7 Å². The minimum atomic E-state index is -1.66. The molecule has 0 rings (SSSR count). The van der Waals surface area contributed by atoms with E-state index in [9.17, 15) is 9.59 Å². The van der Waals surface area contributed by atoms with Gasteiger partial charge in [0.2, 0.25) is 0 Å². The Labute approximate surface area is 122 Å². The summed E-state index contributed by atoms with van der Waals surface area (Å²) in [6.45, 7) is 5.10. The van der Waals surface area contributed by atoms with Crippen LogP contribution in [0.2, 0.25) is 0 Å². The van der Waals surface area contributed by atoms with Gasteiger partial charge in [0.05, 0.1) is 0 Å². The Kier molecular flexibility index (Phi) is 9.80. The summed E-state index contributed by atoms with van der Waals surface area (Å²) < 4.78 is 0. The number of hydrogen-bond donors (Lipinski definition) is 2. The van der Waals surface area contributed by atoms with E-state index < -0.39 is 17.4 Å². The molecule has 0 aromatic carbocycles. The molecule has 0 radical (unpaired) electrons. The monoisotopic (exact) mass is 256 g/mol. The molecule has 17 heavy (non-hydrogen) atoms. The van der Waals surface area contributed by atoms with E-state index in [0.717, 1.165) is 25.7 Å². The van der Waals surface area contributed by atoms with E-state index in [2.05, 4.69) is 6.92 Å². The van der Waals surface area contributed by atoms with Crippen LogP contribution in [0.15, 0.2) is 0 Å². The smallest absolute Gasteiger partial charge is 1.00 e. The van der Waals surface area contributed by atoms with E-state index >= 15 is 0 Å². The molecule has 1 unspecified atom stereocenters. The Morgan fingerprint density at radius 1 is 1.18 bits per heavy atom. The standard InChI is InChI=1S/C12H22O4.Mg.2H/c1-4-5-6-7-8-9(2)12(3,10(13)14)11(15)16;;;/h9H,4-8H2,1-3H3,(H,13,14)(H,15,16);;;/q;+2;2*-1. The van der Waals surface area contributed by atoms with Gasteiger partial charge in [-0.05, 0) is 19.3 Å². The van der Waals surface area contributed by atoms with Gasteiger partial charge in [0.25, 0.3) is 0 Å². The Morgan fingerprint density at radius 2 is 1.65 bits per heavy atom. The molecular formula is C12H24MgO4. The molecule has 0 spiro atoms. The van der Waals surface area contributed by atoms with Gasteiger partial charge in [-0.3, -0.25) is 9.59 Å². The molecule has 0 aliphatic carbocycles. The molecule has 0 saturated carbocycles. The topological polar surface area (TPSA) is 74.6 Å². The summed E-state index contributed by atoms with van der Waals surface area (Å²) >= 11 is 0. The molecule has 98 valence electrons. The van der Waals surface area contributed by atoms with Crippen LogP contribution in [-0.2, 0) is 9.59 Å². The second kappa shape index (κ2) is 8.75. The van der Waals surface area contributed by atoms with Crippen molar-refractivity contribution in [3.8, 4) is 0 Å². The maximum absolute atomic E-state index is 11.0. The molecule has 0 saturated heterocycles. The van der Waals surface area contributed by atoms with Crippen molar-refractivity contribution >= 4 is 35.0 Å². The summed E-state index contributed by atoms with van der Waals surface area (Å²) in [6, 6.07) is 0. The second-order valence-corrected chi connectivity index (χ2v) is 4.56. The van der Waals surface area contributed by atoms with Gasteiger partial charge >= 0.3 is 35.0 Å². The van der Waals surface area contributed by atoms with Crippen molar-refractivity contribution in [3.63, 3.8) is 0 Å². The third-order valence-corrected chi connectivity index (χ3v) is 3.36. The van der Waals surface area contributed by atoms with Crippen molar-refractivity contribution in [2.75, 3.05) is 0 Å². The van der Waals surface area contributed by atoms with Crippen LogP contribution in [0.1, 0.15) is 55.7 Å². The average Bonchev–Trinajstić information content (AvgIpc) is 2.22. The molecule has 5 heteroatoms. The fourth-order valence-electron chi connectivity index (χ4n) is 1.68. The first-order valence-electron chi connectivity index (χ1n) is 5.84. The van der Waals surface area contributed by atoms with Gasteiger partial charge < -0.3 is 13.1 Å². The fourth-order valence-corrected chi connectivity index (χ4v) is 1.68. The van der Waals surface area contributed by atoms with Crippen molar-refractivity contribution in [3.05, 3.63) is 0 Å². The molecule has 2 N–H and O–H groups in total. The minimum Gasteiger partial charge on any atom is -1.00 e. The fraction of sp³-hybridized carbons (Fsp3) is 0.833. The molecule has 0 aromatic rings. The molecule has 0 aliphatic rings. The Bertz CT molecular complexity index is 248. The van der Waals surface area contributed by atoms with E-state index in [0.29, 0.717) is 6.42 Å². The van der Waals surface area contributed by atoms with Crippen LogP contribution in [0.3, 0.4) is 0 Å². The van der Waals surface area contributed by atoms with Gasteiger partial charge in [-0.15, -0.1) is 0 Å². The number of hydrogen-bond acceptors (Lipinski definition) is 2. The quantitative estimate of drug-likeness (QED) is 0.398. The third kappa shape index (κ3) is 5.25. The first-order chi connectivity index (χ1) is 7.37. The number of unbranched alkanes of at least 4 members (excludes halogenated alkanes) is 3. The SMILES string of the molecule is CCCCCCC(C)C(C)(C(=O)O)C(=O)O.[H-].[H-].[Mg+2]. The molecule has 1 atom stereocenters. The second-order valence-electron chi connectivity index (χ2n) is 4.56. The third-order valence-electron chi connectivity index (χ3n) is 3.36. The molecule has 0 bridgehead atoms. The van der Waals surface area contributed by atoms with Gasteiger partial charge in [-0.25, -0.2) is 0 Å². The zero-order chi connectivity index (χ0) is 12.8. The van der Waals surface area contributed by atoms with Gasteiger partial charge in [-0.2, -0.15) is 0 Å². The molecule has 0 amide bonds. The van der Waals surface area contributed by atoms with Crippen LogP contribution in [0.4, 0.5) is 0 Å². The minimum absolute atomic E-state index is 0. The molecule has 0 heterocycles. The summed E-state index contributed by atoms with van der Waals surface area (Å²) in [5.74, 6) is -2.84. The summed E-state index contributed by atoms with van der Waals surface area (Å²) in [4.78, 5) is 22.0. The Morgan fingerprint density at radius 3 is 2.00 bits per heavy atom. The van der Waals surface area contributed by atoms with Crippen LogP contribution in [-0.4, -0.2) is 45.2 Å². The summed E-state index contributed by atoms with van der Waals surface area (Å²) in [6.07, 6.45) is 4.81. The van der Waals surface area contributed by atoms with Crippen LogP contribution < -0.4 is 0 Å². The van der Waals surface area contributed by atoms with Crippen LogP contribution in [0.5, 0.6) is 0 Å². The Hall–Kier alpha value is -0.294. The number of rotatable bonds is 8. The van der Waals surface area contributed by atoms with E-state index in [4.69, 9.17) is 10.2 Å².